The molecule has 0 N–H and O–H groups in total. The number of hydrogen-bond acceptors (Lipinski definition) is 5. The molecule has 0 atom stereocenters. The van der Waals surface area contributed by atoms with Crippen molar-refractivity contribution in [1.29, 1.82) is 0 Å². The van der Waals surface area contributed by atoms with Crippen molar-refractivity contribution in [3.8, 4) is 0 Å². The van der Waals surface area contributed by atoms with Gasteiger partial charge in [-0.1, -0.05) is 23.7 Å². The first-order valence-corrected chi connectivity index (χ1v) is 11.4. The van der Waals surface area contributed by atoms with Gasteiger partial charge in [0, 0.05) is 31.2 Å². The number of carbonyl (C=O) groups excluding carboxylic acids is 1. The number of hydrogen-bond donors (Lipinski definition) is 0. The summed E-state index contributed by atoms with van der Waals surface area (Å²) >= 11 is 5.85. The third kappa shape index (κ3) is 4.76. The summed E-state index contributed by atoms with van der Waals surface area (Å²) in [5, 5.41) is -0.511. The summed E-state index contributed by atoms with van der Waals surface area (Å²) in [5.41, 5.74) is 0.114. The second-order valence-electron chi connectivity index (χ2n) is 7.19. The highest BCUT2D eigenvalue weighted by Crippen LogP contribution is 2.35. The minimum atomic E-state index is -4.63. The van der Waals surface area contributed by atoms with Crippen molar-refractivity contribution in [3.63, 3.8) is 0 Å². The summed E-state index contributed by atoms with van der Waals surface area (Å²) in [6, 6.07) is 7.88. The first kappa shape index (κ1) is 22.9. The molecule has 2 aromatic heterocycles. The van der Waals surface area contributed by atoms with Gasteiger partial charge in [-0.2, -0.15) is 13.2 Å². The molecule has 0 radical (unpaired) electrons. The molecule has 0 aliphatic carbocycles. The average Bonchev–Trinajstić information content (AvgIpc) is 3.25. The number of alkyl halides is 3. The second-order valence-corrected chi connectivity index (χ2v) is 9.52. The fraction of sp³-hybridized carbons (Fsp3) is 0.136. The van der Waals surface area contributed by atoms with Crippen LogP contribution in [0.3, 0.4) is 0 Å². The molecule has 0 aliphatic heterocycles. The normalized spacial score (nSPS) is 12.2. The molecule has 0 saturated heterocycles. The molecule has 2 aromatic carbocycles. The Kier molecular flexibility index (Phi) is 5.98. The van der Waals surface area contributed by atoms with E-state index in [2.05, 4.69) is 9.97 Å². The second kappa shape index (κ2) is 8.60. The molecule has 0 spiro atoms. The summed E-state index contributed by atoms with van der Waals surface area (Å²) in [7, 11) is -4.12. The Balaban J connectivity index is 1.47. The van der Waals surface area contributed by atoms with Crippen molar-refractivity contribution in [1.82, 2.24) is 14.4 Å². The molecule has 33 heavy (non-hydrogen) atoms. The standard InChI is InChI=1S/C22H15ClF3N3O3S/c23-18-11-16(22(24,25)26)4-8-20(18)33(31,32)17-5-1-14(2-6-17)3-7-19(30)15-12-28-21-27-9-10-29(21)13-15/h1-2,4-6,8-13H,3,7H2. The molecule has 0 fully saturated rings. The van der Waals surface area contributed by atoms with Crippen LogP contribution in [0.4, 0.5) is 13.2 Å². The number of fused-ring (bicyclic) bond motifs is 1. The van der Waals surface area contributed by atoms with Gasteiger partial charge in [-0.15, -0.1) is 0 Å². The number of ketones is 1. The summed E-state index contributed by atoms with van der Waals surface area (Å²) < 4.78 is 65.7. The third-order valence-electron chi connectivity index (χ3n) is 4.99. The fourth-order valence-corrected chi connectivity index (χ4v) is 5.02. The van der Waals surface area contributed by atoms with Crippen LogP contribution < -0.4 is 0 Å². The van der Waals surface area contributed by atoms with E-state index < -0.39 is 31.5 Å². The van der Waals surface area contributed by atoms with Crippen molar-refractivity contribution < 1.29 is 26.4 Å². The van der Waals surface area contributed by atoms with Crippen LogP contribution in [0.15, 0.2) is 77.0 Å². The number of aryl methyl sites for hydroxylation is 1. The number of halogens is 4. The van der Waals surface area contributed by atoms with Gasteiger partial charge >= 0.3 is 6.18 Å². The van der Waals surface area contributed by atoms with Gasteiger partial charge in [0.15, 0.2) is 5.78 Å². The van der Waals surface area contributed by atoms with E-state index in [1.165, 1.54) is 18.3 Å². The number of benzene rings is 2. The van der Waals surface area contributed by atoms with Gasteiger partial charge in [-0.3, -0.25) is 9.20 Å². The van der Waals surface area contributed by atoms with Crippen LogP contribution >= 0.6 is 11.6 Å². The summed E-state index contributed by atoms with van der Waals surface area (Å²) in [4.78, 5) is 20.1. The van der Waals surface area contributed by atoms with E-state index in [0.717, 1.165) is 11.6 Å². The molecule has 170 valence electrons. The molecule has 0 amide bonds. The maximum absolute atomic E-state index is 12.8. The van der Waals surface area contributed by atoms with Crippen LogP contribution in [-0.4, -0.2) is 28.6 Å². The van der Waals surface area contributed by atoms with E-state index in [-0.39, 0.29) is 17.1 Å². The average molecular weight is 494 g/mol. The van der Waals surface area contributed by atoms with Crippen LogP contribution in [0.5, 0.6) is 0 Å². The highest BCUT2D eigenvalue weighted by molar-refractivity contribution is 7.91. The number of imidazole rings is 1. The van der Waals surface area contributed by atoms with Crippen molar-refractivity contribution >= 4 is 33.0 Å². The van der Waals surface area contributed by atoms with Crippen molar-refractivity contribution in [2.45, 2.75) is 28.8 Å². The Bertz CT molecular complexity index is 1450. The number of Topliss-reactive ketones (excluding diaryl/α,β-unsaturated/α-hetero) is 1. The van der Waals surface area contributed by atoms with Crippen LogP contribution in [0.1, 0.15) is 27.9 Å². The first-order chi connectivity index (χ1) is 15.6. The maximum Gasteiger partial charge on any atom is 0.416 e. The minimum Gasteiger partial charge on any atom is -0.294 e. The van der Waals surface area contributed by atoms with E-state index in [1.807, 2.05) is 0 Å². The molecule has 6 nitrogen and oxygen atoms in total. The number of rotatable bonds is 6. The zero-order valence-electron chi connectivity index (χ0n) is 16.8. The van der Waals surface area contributed by atoms with Crippen molar-refractivity contribution in [2.75, 3.05) is 0 Å². The topological polar surface area (TPSA) is 81.4 Å². The predicted octanol–water partition coefficient (Wildman–Crippen LogP) is 5.05. The number of nitrogens with zero attached hydrogens (tertiary/aromatic N) is 3. The lowest BCUT2D eigenvalue weighted by molar-refractivity contribution is -0.137. The number of carbonyl (C=O) groups is 1. The van der Waals surface area contributed by atoms with Crippen LogP contribution in [-0.2, 0) is 22.4 Å². The lowest BCUT2D eigenvalue weighted by Crippen LogP contribution is -2.08. The zero-order chi connectivity index (χ0) is 23.8. The molecule has 4 aromatic rings. The predicted molar refractivity (Wildman–Crippen MR) is 114 cm³/mol. The van der Waals surface area contributed by atoms with E-state index in [9.17, 15) is 26.4 Å². The Hall–Kier alpha value is -3.24. The van der Waals surface area contributed by atoms with E-state index in [4.69, 9.17) is 11.6 Å². The van der Waals surface area contributed by atoms with E-state index in [0.29, 0.717) is 29.9 Å². The van der Waals surface area contributed by atoms with Gasteiger partial charge in [0.1, 0.15) is 0 Å². The zero-order valence-corrected chi connectivity index (χ0v) is 18.3. The Labute approximate surface area is 191 Å². The van der Waals surface area contributed by atoms with Gasteiger partial charge in [-0.05, 0) is 42.3 Å². The fourth-order valence-electron chi connectivity index (χ4n) is 3.22. The molecule has 2 heterocycles. The highest BCUT2D eigenvalue weighted by Gasteiger charge is 2.32. The van der Waals surface area contributed by atoms with Crippen molar-refractivity contribution in [3.05, 3.63) is 89.0 Å². The van der Waals surface area contributed by atoms with Gasteiger partial charge in [0.2, 0.25) is 15.6 Å². The van der Waals surface area contributed by atoms with Gasteiger partial charge in [0.25, 0.3) is 0 Å². The highest BCUT2D eigenvalue weighted by atomic mass is 35.5. The van der Waals surface area contributed by atoms with Gasteiger partial charge in [0.05, 0.1) is 25.9 Å². The molecule has 11 heteroatoms. The van der Waals surface area contributed by atoms with Crippen LogP contribution in [0, 0.1) is 0 Å². The summed E-state index contributed by atoms with van der Waals surface area (Å²) in [6.45, 7) is 0. The van der Waals surface area contributed by atoms with Gasteiger partial charge < -0.3 is 0 Å². The third-order valence-corrected chi connectivity index (χ3v) is 7.24. The molecule has 0 aliphatic rings. The summed E-state index contributed by atoms with van der Waals surface area (Å²) in [5.74, 6) is 0.350. The lowest BCUT2D eigenvalue weighted by atomic mass is 10.0. The lowest BCUT2D eigenvalue weighted by Gasteiger charge is -2.11. The molecule has 0 unspecified atom stereocenters. The number of sulfone groups is 1. The Morgan fingerprint density at radius 2 is 1.79 bits per heavy atom. The minimum absolute atomic E-state index is 0.117. The molecule has 0 bridgehead atoms. The Morgan fingerprint density at radius 3 is 2.45 bits per heavy atom. The molecular weight excluding hydrogens is 479 g/mol. The van der Waals surface area contributed by atoms with E-state index in [1.54, 1.807) is 35.1 Å². The van der Waals surface area contributed by atoms with Crippen LogP contribution in [0.2, 0.25) is 5.02 Å². The van der Waals surface area contributed by atoms with Crippen molar-refractivity contribution in [2.24, 2.45) is 0 Å². The van der Waals surface area contributed by atoms with E-state index >= 15 is 0 Å². The SMILES string of the molecule is O=C(CCc1ccc(S(=O)(=O)c2ccc(C(F)(F)F)cc2Cl)cc1)c1cnc2nccn2c1. The molecule has 0 saturated carbocycles. The Morgan fingerprint density at radius 1 is 1.06 bits per heavy atom. The largest absolute Gasteiger partial charge is 0.416 e. The summed E-state index contributed by atoms with van der Waals surface area (Å²) in [6.07, 6.45) is 2.26. The maximum atomic E-state index is 12.8. The number of aromatic nitrogens is 3. The first-order valence-electron chi connectivity index (χ1n) is 9.58. The molecular formula is C22H15ClF3N3O3S. The monoisotopic (exact) mass is 493 g/mol. The quantitative estimate of drug-likeness (QED) is 0.351. The van der Waals surface area contributed by atoms with Crippen LogP contribution in [0.25, 0.3) is 5.78 Å². The molecule has 4 rings (SSSR count). The van der Waals surface area contributed by atoms with Gasteiger partial charge in [-0.25, -0.2) is 18.4 Å². The smallest absolute Gasteiger partial charge is 0.294 e.